The molecule has 0 aliphatic rings. The molecule has 2 rings (SSSR count). The van der Waals surface area contributed by atoms with Gasteiger partial charge < -0.3 is 15.7 Å². The molecule has 0 saturated carbocycles. The van der Waals surface area contributed by atoms with E-state index in [4.69, 9.17) is 5.11 Å². The van der Waals surface area contributed by atoms with Crippen molar-refractivity contribution in [2.45, 2.75) is 65.8 Å². The molecule has 7 nitrogen and oxygen atoms in total. The van der Waals surface area contributed by atoms with Crippen LogP contribution in [0.2, 0.25) is 0 Å². The van der Waals surface area contributed by atoms with E-state index in [0.717, 1.165) is 28.8 Å². The molecule has 2 aromatic rings. The van der Waals surface area contributed by atoms with Crippen molar-refractivity contribution in [3.8, 4) is 6.19 Å². The highest BCUT2D eigenvalue weighted by Crippen LogP contribution is 2.28. The second-order valence-corrected chi connectivity index (χ2v) is 10.2. The summed E-state index contributed by atoms with van der Waals surface area (Å²) in [5.74, 6) is -0.406. The molecule has 180 valence electrons. The molecule has 0 saturated heterocycles. The first-order valence-corrected chi connectivity index (χ1v) is 11.4. The number of rotatable bonds is 9. The van der Waals surface area contributed by atoms with Crippen molar-refractivity contribution in [2.75, 3.05) is 5.32 Å². The van der Waals surface area contributed by atoms with Gasteiger partial charge in [-0.25, -0.2) is 0 Å². The minimum Gasteiger partial charge on any atom is -0.481 e. The molecule has 0 bridgehead atoms. The maximum atomic E-state index is 10.9. The third-order valence-corrected chi connectivity index (χ3v) is 4.94. The number of hydrogen-bond acceptors (Lipinski definition) is 4. The van der Waals surface area contributed by atoms with Gasteiger partial charge in [0.15, 0.2) is 0 Å². The molecule has 1 aromatic carbocycles. The van der Waals surface area contributed by atoms with Crippen molar-refractivity contribution in [3.63, 3.8) is 0 Å². The van der Waals surface area contributed by atoms with Gasteiger partial charge in [-0.05, 0) is 67.9 Å². The smallest absolute Gasteiger partial charge is 0.303 e. The number of nitrogens with zero attached hydrogens (tertiary/aromatic N) is 3. The van der Waals surface area contributed by atoms with Crippen LogP contribution in [0.25, 0.3) is 5.57 Å². The van der Waals surface area contributed by atoms with E-state index in [0.29, 0.717) is 18.8 Å². The normalized spacial score (nSPS) is 12.7. The number of unbranched alkanes of at least 4 members (excludes halogenated alkanes) is 1. The number of allylic oxidation sites excluding steroid dienone is 1. The number of guanidine groups is 1. The fraction of sp³-hybridized carbons (Fsp3) is 0.407. The zero-order chi connectivity index (χ0) is 25.2. The lowest BCUT2D eigenvalue weighted by Crippen LogP contribution is -2.48. The average Bonchev–Trinajstić information content (AvgIpc) is 2.72. The van der Waals surface area contributed by atoms with Crippen LogP contribution in [-0.2, 0) is 4.79 Å². The molecule has 0 amide bonds. The molecule has 0 spiro atoms. The molecule has 1 heterocycles. The summed E-state index contributed by atoms with van der Waals surface area (Å²) < 4.78 is 0. The van der Waals surface area contributed by atoms with Gasteiger partial charge in [0.25, 0.3) is 0 Å². The highest BCUT2D eigenvalue weighted by atomic mass is 16.4. The van der Waals surface area contributed by atoms with Crippen molar-refractivity contribution >= 4 is 23.2 Å². The van der Waals surface area contributed by atoms with E-state index >= 15 is 0 Å². The average molecular weight is 462 g/mol. The number of benzene rings is 1. The predicted octanol–water partition coefficient (Wildman–Crippen LogP) is 5.82. The largest absolute Gasteiger partial charge is 0.481 e. The number of nitrogens with one attached hydrogen (secondary N) is 2. The summed E-state index contributed by atoms with van der Waals surface area (Å²) >= 11 is 0. The molecule has 0 fully saturated rings. The monoisotopic (exact) mass is 461 g/mol. The van der Waals surface area contributed by atoms with E-state index < -0.39 is 5.97 Å². The highest BCUT2D eigenvalue weighted by molar-refractivity contribution is 5.95. The zero-order valence-corrected chi connectivity index (χ0v) is 20.7. The van der Waals surface area contributed by atoms with Crippen molar-refractivity contribution in [2.24, 2.45) is 10.4 Å². The summed E-state index contributed by atoms with van der Waals surface area (Å²) in [6.07, 6.45) is 9.65. The number of carbonyl (C=O) groups is 1. The Balaban J connectivity index is 2.30. The lowest BCUT2D eigenvalue weighted by atomic mass is 9.82. The van der Waals surface area contributed by atoms with Gasteiger partial charge in [-0.2, -0.15) is 5.26 Å². The summed E-state index contributed by atoms with van der Waals surface area (Å²) in [4.78, 5) is 19.1. The quantitative estimate of drug-likeness (QED) is 0.188. The maximum absolute atomic E-state index is 10.9. The number of pyridine rings is 1. The van der Waals surface area contributed by atoms with Gasteiger partial charge in [-0.3, -0.25) is 9.78 Å². The van der Waals surface area contributed by atoms with Gasteiger partial charge in [0.2, 0.25) is 12.2 Å². The molecule has 7 heteroatoms. The Morgan fingerprint density at radius 2 is 1.91 bits per heavy atom. The summed E-state index contributed by atoms with van der Waals surface area (Å²) in [6, 6.07) is 11.7. The first kappa shape index (κ1) is 26.6. The summed E-state index contributed by atoms with van der Waals surface area (Å²) in [6.45, 7) is 10.7. The Hall–Kier alpha value is -3.66. The molecular formula is C27H35N5O2. The SMILES string of the molecule is CC(C)(C)CC(C)(C)N/C(=N/C#N)Nc1cccc(/C(=C\CCCC(=O)O)c2cccnc2)c1. The Bertz CT molecular complexity index is 1060. The van der Waals surface area contributed by atoms with Crippen molar-refractivity contribution in [3.05, 3.63) is 66.0 Å². The minimum absolute atomic E-state index is 0.109. The Morgan fingerprint density at radius 1 is 1.18 bits per heavy atom. The lowest BCUT2D eigenvalue weighted by Gasteiger charge is -2.34. The lowest BCUT2D eigenvalue weighted by molar-refractivity contribution is -0.137. The minimum atomic E-state index is -0.797. The zero-order valence-electron chi connectivity index (χ0n) is 20.7. The summed E-state index contributed by atoms with van der Waals surface area (Å²) in [7, 11) is 0. The van der Waals surface area contributed by atoms with Crippen LogP contribution in [0, 0.1) is 16.9 Å². The third-order valence-electron chi connectivity index (χ3n) is 4.94. The van der Waals surface area contributed by atoms with Gasteiger partial charge in [0, 0.05) is 35.6 Å². The van der Waals surface area contributed by atoms with Crippen LogP contribution in [0.4, 0.5) is 5.69 Å². The molecule has 0 unspecified atom stereocenters. The summed E-state index contributed by atoms with van der Waals surface area (Å²) in [5, 5.41) is 24.8. The van der Waals surface area contributed by atoms with Crippen LogP contribution < -0.4 is 10.6 Å². The Labute approximate surface area is 202 Å². The van der Waals surface area contributed by atoms with E-state index in [9.17, 15) is 10.1 Å². The molecule has 0 aliphatic heterocycles. The Morgan fingerprint density at radius 3 is 2.53 bits per heavy atom. The van der Waals surface area contributed by atoms with Crippen LogP contribution in [0.1, 0.15) is 71.4 Å². The third kappa shape index (κ3) is 9.45. The van der Waals surface area contributed by atoms with E-state index in [1.807, 2.05) is 48.7 Å². The van der Waals surface area contributed by atoms with Crippen LogP contribution in [-0.4, -0.2) is 27.6 Å². The number of aliphatic carboxylic acids is 1. The van der Waals surface area contributed by atoms with Gasteiger partial charge in [-0.1, -0.05) is 45.0 Å². The van der Waals surface area contributed by atoms with Crippen LogP contribution in [0.5, 0.6) is 0 Å². The predicted molar refractivity (Wildman–Crippen MR) is 137 cm³/mol. The van der Waals surface area contributed by atoms with Crippen molar-refractivity contribution < 1.29 is 9.90 Å². The molecule has 0 atom stereocenters. The first-order chi connectivity index (χ1) is 16.0. The molecule has 0 aliphatic carbocycles. The molecular weight excluding hydrogens is 426 g/mol. The Kier molecular flexibility index (Phi) is 9.37. The van der Waals surface area contributed by atoms with Gasteiger partial charge >= 0.3 is 5.97 Å². The van der Waals surface area contributed by atoms with E-state index in [1.54, 1.807) is 12.4 Å². The van der Waals surface area contributed by atoms with E-state index in [2.05, 4.69) is 55.2 Å². The number of carboxylic acids is 1. The van der Waals surface area contributed by atoms with Crippen LogP contribution in [0.3, 0.4) is 0 Å². The maximum Gasteiger partial charge on any atom is 0.303 e. The van der Waals surface area contributed by atoms with E-state index in [-0.39, 0.29) is 17.4 Å². The van der Waals surface area contributed by atoms with Gasteiger partial charge in [-0.15, -0.1) is 4.99 Å². The number of aromatic nitrogens is 1. The molecule has 0 radical (unpaired) electrons. The van der Waals surface area contributed by atoms with Gasteiger partial charge in [0.05, 0.1) is 0 Å². The van der Waals surface area contributed by atoms with Gasteiger partial charge in [0.1, 0.15) is 0 Å². The molecule has 3 N–H and O–H groups in total. The first-order valence-electron chi connectivity index (χ1n) is 11.4. The topological polar surface area (TPSA) is 110 Å². The van der Waals surface area contributed by atoms with Crippen molar-refractivity contribution in [1.29, 1.82) is 5.26 Å². The van der Waals surface area contributed by atoms with Crippen LogP contribution >= 0.6 is 0 Å². The number of carboxylic acid groups (broad SMARTS) is 1. The number of nitriles is 1. The fourth-order valence-corrected chi connectivity index (χ4v) is 4.15. The van der Waals surface area contributed by atoms with Crippen molar-refractivity contribution in [1.82, 2.24) is 10.3 Å². The summed E-state index contributed by atoms with van der Waals surface area (Å²) in [5.41, 5.74) is 3.50. The molecule has 1 aromatic heterocycles. The number of anilines is 1. The second kappa shape index (κ2) is 12.0. The second-order valence-electron chi connectivity index (χ2n) is 10.2. The fourth-order valence-electron chi connectivity index (χ4n) is 4.15. The highest BCUT2D eigenvalue weighted by Gasteiger charge is 2.26. The standard InChI is InChI=1S/C27H35N5O2/c1-26(2,3)18-27(4,5)32-25(30-19-28)31-22-12-8-10-20(16-22)23(13-6-7-14-24(33)34)21-11-9-15-29-17-21/h8-13,15-17H,6-7,14,18H2,1-5H3,(H,33,34)(H2,30,31,32)/b23-13+. The molecule has 34 heavy (non-hydrogen) atoms. The number of aliphatic imine (C=N–C) groups is 1. The van der Waals surface area contributed by atoms with Crippen LogP contribution in [0.15, 0.2) is 59.9 Å². The van der Waals surface area contributed by atoms with E-state index in [1.165, 1.54) is 0 Å². The number of hydrogen-bond donors (Lipinski definition) is 3.